The first kappa shape index (κ1) is 12.9. The Labute approximate surface area is 118 Å². The van der Waals surface area contributed by atoms with Crippen LogP contribution in [0.1, 0.15) is 21.7 Å². The second kappa shape index (κ2) is 4.80. The summed E-state index contributed by atoms with van der Waals surface area (Å²) in [4.78, 5) is 14.1. The molecule has 1 aliphatic heterocycles. The summed E-state index contributed by atoms with van der Waals surface area (Å²) in [5.41, 5.74) is 3.77. The molecule has 3 rings (SSSR count). The number of nitrogens with zero attached hydrogens (tertiary/aromatic N) is 2. The fourth-order valence-corrected chi connectivity index (χ4v) is 2.75. The molecule has 0 atom stereocenters. The van der Waals surface area contributed by atoms with E-state index in [-0.39, 0.29) is 12.0 Å². The Balaban J connectivity index is 1.97. The third-order valence-corrected chi connectivity index (χ3v) is 3.83. The van der Waals surface area contributed by atoms with Crippen LogP contribution in [0.15, 0.2) is 36.4 Å². The predicted molar refractivity (Wildman–Crippen MR) is 77.2 cm³/mol. The highest BCUT2D eigenvalue weighted by Crippen LogP contribution is 2.23. The summed E-state index contributed by atoms with van der Waals surface area (Å²) in [5, 5.41) is 9.32. The third-order valence-electron chi connectivity index (χ3n) is 3.83. The molecule has 1 aromatic heterocycles. The average Bonchev–Trinajstić information content (AvgIpc) is 2.71. The van der Waals surface area contributed by atoms with Crippen molar-refractivity contribution in [1.82, 2.24) is 9.47 Å². The number of amides is 1. The number of rotatable bonds is 2. The Morgan fingerprint density at radius 2 is 1.85 bits per heavy atom. The number of hydrogen-bond donors (Lipinski definition) is 1. The number of carbonyl (C=O) groups excluding carboxylic acids is 1. The number of likely N-dealkylation sites (tertiary alicyclic amines) is 1. The van der Waals surface area contributed by atoms with E-state index in [1.165, 1.54) is 0 Å². The van der Waals surface area contributed by atoms with E-state index in [1.807, 2.05) is 50.2 Å². The molecule has 2 heterocycles. The van der Waals surface area contributed by atoms with Crippen LogP contribution < -0.4 is 0 Å². The number of carbonyl (C=O) groups is 1. The molecule has 1 fully saturated rings. The zero-order chi connectivity index (χ0) is 14.3. The minimum atomic E-state index is -0.364. The first-order valence-corrected chi connectivity index (χ1v) is 6.79. The molecular weight excluding hydrogens is 252 g/mol. The van der Waals surface area contributed by atoms with Gasteiger partial charge in [0.05, 0.1) is 11.7 Å². The van der Waals surface area contributed by atoms with Crippen molar-refractivity contribution in [3.05, 3.63) is 53.3 Å². The van der Waals surface area contributed by atoms with E-state index in [0.717, 1.165) is 22.6 Å². The van der Waals surface area contributed by atoms with E-state index < -0.39 is 0 Å². The summed E-state index contributed by atoms with van der Waals surface area (Å²) in [6.07, 6.45) is -0.364. The van der Waals surface area contributed by atoms with Gasteiger partial charge in [0.2, 0.25) is 0 Å². The molecule has 1 aromatic carbocycles. The molecule has 1 N–H and O–H groups in total. The molecule has 0 spiro atoms. The molecule has 0 saturated carbocycles. The van der Waals surface area contributed by atoms with Crippen molar-refractivity contribution < 1.29 is 9.90 Å². The van der Waals surface area contributed by atoms with Crippen molar-refractivity contribution in [2.45, 2.75) is 20.0 Å². The largest absolute Gasteiger partial charge is 0.389 e. The Morgan fingerprint density at radius 1 is 1.20 bits per heavy atom. The van der Waals surface area contributed by atoms with Gasteiger partial charge in [-0.1, -0.05) is 18.2 Å². The van der Waals surface area contributed by atoms with Crippen LogP contribution in [0.3, 0.4) is 0 Å². The zero-order valence-corrected chi connectivity index (χ0v) is 11.7. The van der Waals surface area contributed by atoms with Crippen LogP contribution in [0.2, 0.25) is 0 Å². The highest BCUT2D eigenvalue weighted by molar-refractivity contribution is 5.96. The summed E-state index contributed by atoms with van der Waals surface area (Å²) < 4.78 is 2.09. The predicted octanol–water partition coefficient (Wildman–Crippen LogP) is 1.91. The van der Waals surface area contributed by atoms with Gasteiger partial charge in [-0.15, -0.1) is 0 Å². The Bertz CT molecular complexity index is 640. The number of para-hydroxylation sites is 1. The molecule has 0 bridgehead atoms. The van der Waals surface area contributed by atoms with Crippen LogP contribution in [0, 0.1) is 13.8 Å². The lowest BCUT2D eigenvalue weighted by Crippen LogP contribution is -2.53. The summed E-state index contributed by atoms with van der Waals surface area (Å²) >= 11 is 0. The number of aryl methyl sites for hydroxylation is 1. The molecule has 0 unspecified atom stereocenters. The van der Waals surface area contributed by atoms with E-state index in [4.69, 9.17) is 0 Å². The van der Waals surface area contributed by atoms with Crippen LogP contribution in [0.4, 0.5) is 0 Å². The van der Waals surface area contributed by atoms with Gasteiger partial charge in [-0.3, -0.25) is 4.79 Å². The maximum absolute atomic E-state index is 12.4. The first-order valence-electron chi connectivity index (χ1n) is 6.79. The molecule has 4 heteroatoms. The molecule has 4 nitrogen and oxygen atoms in total. The molecule has 1 saturated heterocycles. The van der Waals surface area contributed by atoms with Gasteiger partial charge in [0, 0.05) is 30.2 Å². The smallest absolute Gasteiger partial charge is 0.255 e. The standard InChI is InChI=1S/C16H18N2O2/c1-11-8-15(16(20)17-9-14(19)10-17)12(2)18(11)13-6-4-3-5-7-13/h3-8,14,19H,9-10H2,1-2H3. The molecular formula is C16H18N2O2. The van der Waals surface area contributed by atoms with E-state index >= 15 is 0 Å². The molecule has 104 valence electrons. The molecule has 1 amide bonds. The fraction of sp³-hybridized carbons (Fsp3) is 0.312. The van der Waals surface area contributed by atoms with Crippen LogP contribution in [-0.2, 0) is 0 Å². The maximum atomic E-state index is 12.4. The van der Waals surface area contributed by atoms with Gasteiger partial charge in [-0.2, -0.15) is 0 Å². The SMILES string of the molecule is Cc1cc(C(=O)N2CC(O)C2)c(C)n1-c1ccccc1. The van der Waals surface area contributed by atoms with E-state index in [2.05, 4.69) is 4.57 Å². The van der Waals surface area contributed by atoms with Gasteiger partial charge >= 0.3 is 0 Å². The van der Waals surface area contributed by atoms with Gasteiger partial charge in [0.15, 0.2) is 0 Å². The number of aliphatic hydroxyl groups is 1. The maximum Gasteiger partial charge on any atom is 0.255 e. The molecule has 2 aromatic rings. The van der Waals surface area contributed by atoms with Gasteiger partial charge < -0.3 is 14.6 Å². The molecule has 0 radical (unpaired) electrons. The second-order valence-electron chi connectivity index (χ2n) is 5.32. The quantitative estimate of drug-likeness (QED) is 0.906. The normalized spacial score (nSPS) is 15.2. The number of hydrogen-bond acceptors (Lipinski definition) is 2. The first-order chi connectivity index (χ1) is 9.58. The van der Waals surface area contributed by atoms with Crippen molar-refractivity contribution >= 4 is 5.91 Å². The lowest BCUT2D eigenvalue weighted by atomic mass is 10.1. The monoisotopic (exact) mass is 270 g/mol. The Kier molecular flexibility index (Phi) is 3.10. The fourth-order valence-electron chi connectivity index (χ4n) is 2.75. The lowest BCUT2D eigenvalue weighted by molar-refractivity contribution is 0.00584. The van der Waals surface area contributed by atoms with E-state index in [9.17, 15) is 9.90 Å². The van der Waals surface area contributed by atoms with Crippen molar-refractivity contribution in [2.24, 2.45) is 0 Å². The van der Waals surface area contributed by atoms with Gasteiger partial charge in [-0.05, 0) is 32.0 Å². The Morgan fingerprint density at radius 3 is 2.45 bits per heavy atom. The summed E-state index contributed by atoms with van der Waals surface area (Å²) in [7, 11) is 0. The van der Waals surface area contributed by atoms with Gasteiger partial charge in [-0.25, -0.2) is 0 Å². The minimum absolute atomic E-state index is 0.00517. The highest BCUT2D eigenvalue weighted by Gasteiger charge is 2.31. The highest BCUT2D eigenvalue weighted by atomic mass is 16.3. The van der Waals surface area contributed by atoms with Crippen molar-refractivity contribution in [2.75, 3.05) is 13.1 Å². The zero-order valence-electron chi connectivity index (χ0n) is 11.7. The molecule has 20 heavy (non-hydrogen) atoms. The minimum Gasteiger partial charge on any atom is -0.389 e. The summed E-state index contributed by atoms with van der Waals surface area (Å²) in [5.74, 6) is 0.00517. The van der Waals surface area contributed by atoms with Crippen molar-refractivity contribution in [3.63, 3.8) is 0 Å². The van der Waals surface area contributed by atoms with Crippen molar-refractivity contribution in [1.29, 1.82) is 0 Å². The number of benzene rings is 1. The second-order valence-corrected chi connectivity index (χ2v) is 5.32. The number of β-amino-alcohol motifs (C(OH)–C–C–N with tert-alkyl or cyclic N) is 1. The van der Waals surface area contributed by atoms with E-state index in [0.29, 0.717) is 13.1 Å². The van der Waals surface area contributed by atoms with Crippen molar-refractivity contribution in [3.8, 4) is 5.69 Å². The summed E-state index contributed by atoms with van der Waals surface area (Å²) in [6.45, 7) is 4.84. The van der Waals surface area contributed by atoms with Gasteiger partial charge in [0.25, 0.3) is 5.91 Å². The topological polar surface area (TPSA) is 45.5 Å². The summed E-state index contributed by atoms with van der Waals surface area (Å²) in [6, 6.07) is 11.9. The average molecular weight is 270 g/mol. The van der Waals surface area contributed by atoms with Crippen LogP contribution in [0.25, 0.3) is 5.69 Å². The number of aromatic nitrogens is 1. The van der Waals surface area contributed by atoms with Crippen LogP contribution >= 0.6 is 0 Å². The third kappa shape index (κ3) is 2.02. The molecule has 0 aliphatic carbocycles. The van der Waals surface area contributed by atoms with Gasteiger partial charge in [0.1, 0.15) is 0 Å². The Hall–Kier alpha value is -2.07. The van der Waals surface area contributed by atoms with Crippen LogP contribution in [-0.4, -0.2) is 39.7 Å². The number of aliphatic hydroxyl groups excluding tert-OH is 1. The molecule has 1 aliphatic rings. The lowest BCUT2D eigenvalue weighted by Gasteiger charge is -2.35. The van der Waals surface area contributed by atoms with Crippen LogP contribution in [0.5, 0.6) is 0 Å². The van der Waals surface area contributed by atoms with E-state index in [1.54, 1.807) is 4.90 Å².